The van der Waals surface area contributed by atoms with E-state index in [-0.39, 0.29) is 18.6 Å². The van der Waals surface area contributed by atoms with Crippen molar-refractivity contribution < 1.29 is 19.1 Å². The van der Waals surface area contributed by atoms with Crippen molar-refractivity contribution in [2.75, 3.05) is 19.8 Å². The molecule has 0 saturated heterocycles. The highest BCUT2D eigenvalue weighted by atomic mass is 16.5. The smallest absolute Gasteiger partial charge is 0.338 e. The van der Waals surface area contributed by atoms with Crippen LogP contribution in [0.2, 0.25) is 0 Å². The first-order valence-electron chi connectivity index (χ1n) is 8.38. The van der Waals surface area contributed by atoms with E-state index in [0.717, 1.165) is 29.9 Å². The monoisotopic (exact) mass is 328 g/mol. The largest absolute Gasteiger partial charge is 0.494 e. The normalized spacial score (nSPS) is 23.0. The fraction of sp³-hybridized carbons (Fsp3) is 0.444. The first-order chi connectivity index (χ1) is 11.7. The highest BCUT2D eigenvalue weighted by molar-refractivity contribution is 5.97. The summed E-state index contributed by atoms with van der Waals surface area (Å²) in [6, 6.07) is 6.83. The van der Waals surface area contributed by atoms with Gasteiger partial charge in [-0.3, -0.25) is 4.90 Å². The molecule has 0 unspecified atom stereocenters. The van der Waals surface area contributed by atoms with Crippen LogP contribution in [0.3, 0.4) is 0 Å². The van der Waals surface area contributed by atoms with Gasteiger partial charge in [-0.05, 0) is 43.4 Å². The summed E-state index contributed by atoms with van der Waals surface area (Å²) in [5.74, 6) is 0.967. The van der Waals surface area contributed by atoms with Crippen molar-refractivity contribution in [2.45, 2.75) is 25.8 Å². The molecule has 126 valence electrons. The van der Waals surface area contributed by atoms with Gasteiger partial charge >= 0.3 is 12.0 Å². The summed E-state index contributed by atoms with van der Waals surface area (Å²) >= 11 is 0. The first kappa shape index (κ1) is 15.1. The molecule has 24 heavy (non-hydrogen) atoms. The molecule has 6 nitrogen and oxygen atoms in total. The Morgan fingerprint density at radius 1 is 1.25 bits per heavy atom. The molecule has 1 N–H and O–H groups in total. The van der Waals surface area contributed by atoms with Crippen molar-refractivity contribution in [2.24, 2.45) is 5.92 Å². The molecule has 1 aromatic carbocycles. The fourth-order valence-corrected chi connectivity index (χ4v) is 3.24. The van der Waals surface area contributed by atoms with Crippen molar-refractivity contribution in [3.8, 4) is 5.75 Å². The number of urea groups is 1. The Kier molecular flexibility index (Phi) is 3.67. The number of hydrogen-bond acceptors (Lipinski definition) is 4. The maximum atomic E-state index is 12.5. The molecule has 6 heteroatoms. The molecule has 1 aliphatic carbocycles. The van der Waals surface area contributed by atoms with E-state index >= 15 is 0 Å². The average Bonchev–Trinajstić information content (AvgIpc) is 3.32. The van der Waals surface area contributed by atoms with E-state index in [9.17, 15) is 9.59 Å². The summed E-state index contributed by atoms with van der Waals surface area (Å²) in [5, 5.41) is 2.96. The van der Waals surface area contributed by atoms with Gasteiger partial charge in [-0.15, -0.1) is 0 Å². The molecule has 2 amide bonds. The van der Waals surface area contributed by atoms with Gasteiger partial charge in [0.05, 0.1) is 23.9 Å². The number of cyclic esters (lactones) is 1. The molecule has 4 rings (SSSR count). The van der Waals surface area contributed by atoms with Crippen molar-refractivity contribution in [3.63, 3.8) is 0 Å². The summed E-state index contributed by atoms with van der Waals surface area (Å²) < 4.78 is 10.7. The van der Waals surface area contributed by atoms with Gasteiger partial charge in [-0.25, -0.2) is 9.59 Å². The lowest BCUT2D eigenvalue weighted by atomic mass is 9.95. The van der Waals surface area contributed by atoms with E-state index in [4.69, 9.17) is 9.47 Å². The molecule has 0 bridgehead atoms. The Balaban J connectivity index is 1.66. The number of rotatable bonds is 5. The molecular weight excluding hydrogens is 308 g/mol. The van der Waals surface area contributed by atoms with E-state index in [1.165, 1.54) is 0 Å². The van der Waals surface area contributed by atoms with Gasteiger partial charge in [-0.1, -0.05) is 12.1 Å². The average molecular weight is 328 g/mol. The maximum Gasteiger partial charge on any atom is 0.338 e. The predicted octanol–water partition coefficient (Wildman–Crippen LogP) is 2.37. The number of amides is 2. The van der Waals surface area contributed by atoms with Crippen LogP contribution in [-0.4, -0.2) is 36.7 Å². The van der Waals surface area contributed by atoms with Gasteiger partial charge in [0.1, 0.15) is 12.4 Å². The predicted molar refractivity (Wildman–Crippen MR) is 86.3 cm³/mol. The minimum Gasteiger partial charge on any atom is -0.494 e. The van der Waals surface area contributed by atoms with Crippen LogP contribution in [0.25, 0.3) is 0 Å². The molecule has 1 atom stereocenters. The number of nitrogens with zero attached hydrogens (tertiary/aromatic N) is 1. The minimum atomic E-state index is -0.464. The Labute approximate surface area is 140 Å². The lowest BCUT2D eigenvalue weighted by molar-refractivity contribution is -0.136. The molecule has 0 radical (unpaired) electrons. The third-order valence-electron chi connectivity index (χ3n) is 4.66. The quantitative estimate of drug-likeness (QED) is 0.843. The number of benzene rings is 1. The van der Waals surface area contributed by atoms with Crippen LogP contribution in [0.1, 0.15) is 31.4 Å². The van der Waals surface area contributed by atoms with E-state index in [1.54, 1.807) is 4.90 Å². The second-order valence-electron chi connectivity index (χ2n) is 6.38. The van der Waals surface area contributed by atoms with E-state index < -0.39 is 6.04 Å². The lowest BCUT2D eigenvalue weighted by Gasteiger charge is -2.33. The van der Waals surface area contributed by atoms with Crippen LogP contribution in [-0.2, 0) is 9.53 Å². The maximum absolute atomic E-state index is 12.5. The highest BCUT2D eigenvalue weighted by Gasteiger charge is 2.43. The van der Waals surface area contributed by atoms with Gasteiger partial charge in [0.15, 0.2) is 0 Å². The van der Waals surface area contributed by atoms with Crippen molar-refractivity contribution in [1.82, 2.24) is 10.2 Å². The topological polar surface area (TPSA) is 67.9 Å². The minimum absolute atomic E-state index is 0.155. The molecule has 1 saturated carbocycles. The van der Waals surface area contributed by atoms with Gasteiger partial charge < -0.3 is 14.8 Å². The van der Waals surface area contributed by atoms with Crippen LogP contribution in [0.4, 0.5) is 4.79 Å². The number of ether oxygens (including phenoxy) is 2. The molecule has 0 spiro atoms. The number of carbonyl (C=O) groups is 2. The zero-order valence-electron chi connectivity index (χ0n) is 13.6. The molecule has 3 aliphatic rings. The second kappa shape index (κ2) is 5.85. The summed E-state index contributed by atoms with van der Waals surface area (Å²) in [5.41, 5.74) is 2.12. The standard InChI is InChI=1S/C18H20N2O4/c1-2-23-13-7-5-12(6-8-13)16-15-14(10-24-17(15)21)20(18(22)19-16)9-11-3-4-11/h5-8,11,16H,2-4,9-10H2,1H3,(H,19,22)/t16-/m0/s1. The summed E-state index contributed by atoms with van der Waals surface area (Å²) in [6.07, 6.45) is 2.28. The molecule has 1 fully saturated rings. The number of carbonyl (C=O) groups excluding carboxylic acids is 2. The Hall–Kier alpha value is -2.50. The van der Waals surface area contributed by atoms with Gasteiger partial charge in [0, 0.05) is 6.54 Å². The van der Waals surface area contributed by atoms with Crippen molar-refractivity contribution in [3.05, 3.63) is 41.1 Å². The van der Waals surface area contributed by atoms with Gasteiger partial charge in [-0.2, -0.15) is 0 Å². The third kappa shape index (κ3) is 2.62. The molecule has 2 aliphatic heterocycles. The summed E-state index contributed by atoms with van der Waals surface area (Å²) in [7, 11) is 0. The van der Waals surface area contributed by atoms with E-state index in [2.05, 4.69) is 5.32 Å². The third-order valence-corrected chi connectivity index (χ3v) is 4.66. The van der Waals surface area contributed by atoms with Crippen molar-refractivity contribution in [1.29, 1.82) is 0 Å². The van der Waals surface area contributed by atoms with Crippen LogP contribution >= 0.6 is 0 Å². The van der Waals surface area contributed by atoms with Crippen LogP contribution in [0.5, 0.6) is 5.75 Å². The van der Waals surface area contributed by atoms with Crippen LogP contribution < -0.4 is 10.1 Å². The molecule has 2 heterocycles. The zero-order valence-corrected chi connectivity index (χ0v) is 13.6. The summed E-state index contributed by atoms with van der Waals surface area (Å²) in [6.45, 7) is 3.37. The zero-order chi connectivity index (χ0) is 16.7. The Morgan fingerprint density at radius 2 is 2.00 bits per heavy atom. The van der Waals surface area contributed by atoms with Crippen LogP contribution in [0, 0.1) is 5.92 Å². The number of hydrogen-bond donors (Lipinski definition) is 1. The number of esters is 1. The Morgan fingerprint density at radius 3 is 2.67 bits per heavy atom. The van der Waals surface area contributed by atoms with E-state index in [1.807, 2.05) is 31.2 Å². The number of nitrogens with one attached hydrogen (secondary N) is 1. The van der Waals surface area contributed by atoms with Crippen molar-refractivity contribution >= 4 is 12.0 Å². The summed E-state index contributed by atoms with van der Waals surface area (Å²) in [4.78, 5) is 26.5. The molecule has 1 aromatic rings. The fourth-order valence-electron chi connectivity index (χ4n) is 3.24. The first-order valence-corrected chi connectivity index (χ1v) is 8.38. The van der Waals surface area contributed by atoms with Gasteiger partial charge in [0.2, 0.25) is 0 Å². The van der Waals surface area contributed by atoms with Crippen LogP contribution in [0.15, 0.2) is 35.5 Å². The second-order valence-corrected chi connectivity index (χ2v) is 6.38. The molecular formula is C18H20N2O4. The Bertz CT molecular complexity index is 706. The highest BCUT2D eigenvalue weighted by Crippen LogP contribution is 2.38. The van der Waals surface area contributed by atoms with E-state index in [0.29, 0.717) is 24.6 Å². The van der Waals surface area contributed by atoms with Gasteiger partial charge in [0.25, 0.3) is 0 Å². The lowest BCUT2D eigenvalue weighted by Crippen LogP contribution is -2.47. The molecule has 0 aromatic heterocycles. The SMILES string of the molecule is CCOc1ccc([C@@H]2NC(=O)N(CC3CC3)C3=C2C(=O)OC3)cc1.